The summed E-state index contributed by atoms with van der Waals surface area (Å²) in [6.07, 6.45) is 2.24. The molecular formula is C16H22ClN3. The molecule has 0 bridgehead atoms. The Morgan fingerprint density at radius 3 is 2.70 bits per heavy atom. The second-order valence-electron chi connectivity index (χ2n) is 5.59. The minimum absolute atomic E-state index is 0. The lowest BCUT2D eigenvalue weighted by atomic mass is 10.0. The van der Waals surface area contributed by atoms with Gasteiger partial charge in [-0.15, -0.1) is 12.4 Å². The van der Waals surface area contributed by atoms with E-state index in [2.05, 4.69) is 40.2 Å². The smallest absolute Gasteiger partial charge is 0.0705 e. The number of fused-ring (bicyclic) bond motifs is 1. The molecule has 2 aromatic rings. The largest absolute Gasteiger partial charge is 0.328 e. The summed E-state index contributed by atoms with van der Waals surface area (Å²) >= 11 is 0. The molecule has 2 N–H and O–H groups in total. The molecule has 1 aromatic heterocycles. The van der Waals surface area contributed by atoms with E-state index < -0.39 is 0 Å². The lowest BCUT2D eigenvalue weighted by Gasteiger charge is -2.30. The highest BCUT2D eigenvalue weighted by Crippen LogP contribution is 2.18. The average molecular weight is 292 g/mol. The van der Waals surface area contributed by atoms with Crippen molar-refractivity contribution in [2.75, 3.05) is 13.1 Å². The molecule has 1 aliphatic rings. The average Bonchev–Trinajstić information content (AvgIpc) is 2.42. The van der Waals surface area contributed by atoms with Crippen molar-refractivity contribution in [1.82, 2.24) is 9.88 Å². The summed E-state index contributed by atoms with van der Waals surface area (Å²) < 4.78 is 0. The van der Waals surface area contributed by atoms with E-state index >= 15 is 0 Å². The van der Waals surface area contributed by atoms with Crippen LogP contribution in [0.3, 0.4) is 0 Å². The topological polar surface area (TPSA) is 42.1 Å². The van der Waals surface area contributed by atoms with Gasteiger partial charge in [-0.2, -0.15) is 0 Å². The summed E-state index contributed by atoms with van der Waals surface area (Å²) in [5, 5.41) is 1.23. The van der Waals surface area contributed by atoms with Gasteiger partial charge in [0.2, 0.25) is 0 Å². The Hall–Kier alpha value is -1.16. The van der Waals surface area contributed by atoms with Crippen LogP contribution >= 0.6 is 12.4 Å². The molecule has 0 saturated carbocycles. The fraction of sp³-hybridized carbons (Fsp3) is 0.438. The number of likely N-dealkylation sites (tertiary alicyclic amines) is 1. The maximum Gasteiger partial charge on any atom is 0.0705 e. The molecule has 2 heterocycles. The predicted molar refractivity (Wildman–Crippen MR) is 86.2 cm³/mol. The highest BCUT2D eigenvalue weighted by molar-refractivity contribution is 5.85. The van der Waals surface area contributed by atoms with E-state index in [4.69, 9.17) is 5.73 Å². The van der Waals surface area contributed by atoms with E-state index in [-0.39, 0.29) is 12.4 Å². The second-order valence-corrected chi connectivity index (χ2v) is 5.59. The molecule has 0 amide bonds. The number of rotatable bonds is 2. The normalized spacial score (nSPS) is 17.1. The quantitative estimate of drug-likeness (QED) is 0.925. The first-order valence-corrected chi connectivity index (χ1v) is 7.05. The minimum atomic E-state index is 0. The van der Waals surface area contributed by atoms with Crippen molar-refractivity contribution in [3.8, 4) is 0 Å². The van der Waals surface area contributed by atoms with Crippen LogP contribution in [-0.4, -0.2) is 29.0 Å². The van der Waals surface area contributed by atoms with E-state index in [1.807, 2.05) is 6.92 Å². The van der Waals surface area contributed by atoms with Crippen LogP contribution in [-0.2, 0) is 6.54 Å². The van der Waals surface area contributed by atoms with Gasteiger partial charge in [-0.1, -0.05) is 12.1 Å². The third-order valence-electron chi connectivity index (χ3n) is 3.93. The number of piperidine rings is 1. The number of aryl methyl sites for hydroxylation is 1. The van der Waals surface area contributed by atoms with Gasteiger partial charge in [-0.25, -0.2) is 0 Å². The van der Waals surface area contributed by atoms with Gasteiger partial charge < -0.3 is 5.73 Å². The molecule has 1 saturated heterocycles. The Morgan fingerprint density at radius 1 is 1.20 bits per heavy atom. The van der Waals surface area contributed by atoms with E-state index in [1.54, 1.807) is 0 Å². The zero-order valence-corrected chi connectivity index (χ0v) is 12.7. The van der Waals surface area contributed by atoms with Crippen molar-refractivity contribution in [3.05, 3.63) is 41.6 Å². The molecule has 20 heavy (non-hydrogen) atoms. The summed E-state index contributed by atoms with van der Waals surface area (Å²) in [6.45, 7) is 5.29. The summed E-state index contributed by atoms with van der Waals surface area (Å²) in [6, 6.07) is 11.2. The molecule has 1 aromatic carbocycles. The van der Waals surface area contributed by atoms with Gasteiger partial charge in [-0.3, -0.25) is 9.88 Å². The number of nitrogens with two attached hydrogens (primary N) is 1. The van der Waals surface area contributed by atoms with Crippen LogP contribution in [0.4, 0.5) is 0 Å². The minimum Gasteiger partial charge on any atom is -0.328 e. The molecule has 0 unspecified atom stereocenters. The standard InChI is InChI=1S/C16H21N3.ClH/c1-12-2-4-14-10-13(3-5-16(14)18-12)11-19-8-6-15(17)7-9-19;/h2-5,10,15H,6-9,11,17H2,1H3;1H. The molecular weight excluding hydrogens is 270 g/mol. The number of halogens is 1. The zero-order valence-electron chi connectivity index (χ0n) is 11.9. The third kappa shape index (κ3) is 3.48. The number of hydrogen-bond donors (Lipinski definition) is 1. The fourth-order valence-corrected chi connectivity index (χ4v) is 2.74. The maximum absolute atomic E-state index is 5.94. The van der Waals surface area contributed by atoms with Gasteiger partial charge in [0.05, 0.1) is 5.52 Å². The zero-order chi connectivity index (χ0) is 13.2. The number of pyridine rings is 1. The van der Waals surface area contributed by atoms with Crippen molar-refractivity contribution in [2.45, 2.75) is 32.4 Å². The Morgan fingerprint density at radius 2 is 1.95 bits per heavy atom. The number of nitrogens with zero attached hydrogens (tertiary/aromatic N) is 2. The Kier molecular flexibility index (Phi) is 4.97. The molecule has 0 spiro atoms. The van der Waals surface area contributed by atoms with E-state index in [0.717, 1.165) is 43.7 Å². The molecule has 4 heteroatoms. The molecule has 0 aliphatic carbocycles. The Bertz CT molecular complexity index is 577. The lowest BCUT2D eigenvalue weighted by molar-refractivity contribution is 0.206. The van der Waals surface area contributed by atoms with Gasteiger partial charge in [0.1, 0.15) is 0 Å². The number of hydrogen-bond acceptors (Lipinski definition) is 3. The molecule has 1 fully saturated rings. The molecule has 3 rings (SSSR count). The van der Waals surface area contributed by atoms with Gasteiger partial charge in [-0.05, 0) is 56.6 Å². The highest BCUT2D eigenvalue weighted by Gasteiger charge is 2.15. The Balaban J connectivity index is 0.00000147. The maximum atomic E-state index is 5.94. The second kappa shape index (κ2) is 6.53. The Labute approximate surface area is 126 Å². The van der Waals surface area contributed by atoms with Crippen LogP contribution in [0.2, 0.25) is 0 Å². The molecule has 108 valence electrons. The van der Waals surface area contributed by atoms with Crippen LogP contribution < -0.4 is 5.73 Å². The first kappa shape index (κ1) is 15.2. The molecule has 3 nitrogen and oxygen atoms in total. The third-order valence-corrected chi connectivity index (χ3v) is 3.93. The van der Waals surface area contributed by atoms with E-state index in [1.165, 1.54) is 10.9 Å². The van der Waals surface area contributed by atoms with Gasteiger partial charge in [0.15, 0.2) is 0 Å². The molecule has 0 atom stereocenters. The molecule has 0 radical (unpaired) electrons. The van der Waals surface area contributed by atoms with Crippen molar-refractivity contribution < 1.29 is 0 Å². The van der Waals surface area contributed by atoms with Crippen molar-refractivity contribution in [2.24, 2.45) is 5.73 Å². The summed E-state index contributed by atoms with van der Waals surface area (Å²) in [7, 11) is 0. The van der Waals surface area contributed by atoms with Crippen LogP contribution in [0.25, 0.3) is 10.9 Å². The van der Waals surface area contributed by atoms with Crippen LogP contribution in [0.5, 0.6) is 0 Å². The SMILES string of the molecule is Cc1ccc2cc(CN3CCC(N)CC3)ccc2n1.Cl. The van der Waals surface area contributed by atoms with E-state index in [0.29, 0.717) is 6.04 Å². The van der Waals surface area contributed by atoms with Crippen LogP contribution in [0.1, 0.15) is 24.1 Å². The number of aromatic nitrogens is 1. The van der Waals surface area contributed by atoms with Gasteiger partial charge in [0.25, 0.3) is 0 Å². The summed E-state index contributed by atoms with van der Waals surface area (Å²) in [5.41, 5.74) is 9.47. The van der Waals surface area contributed by atoms with Crippen molar-refractivity contribution >= 4 is 23.3 Å². The van der Waals surface area contributed by atoms with Gasteiger partial charge in [0, 0.05) is 23.7 Å². The van der Waals surface area contributed by atoms with E-state index in [9.17, 15) is 0 Å². The first-order chi connectivity index (χ1) is 9.20. The van der Waals surface area contributed by atoms with Crippen LogP contribution in [0, 0.1) is 6.92 Å². The van der Waals surface area contributed by atoms with Crippen molar-refractivity contribution in [1.29, 1.82) is 0 Å². The summed E-state index contributed by atoms with van der Waals surface area (Å²) in [5.74, 6) is 0. The number of benzene rings is 1. The molecule has 1 aliphatic heterocycles. The van der Waals surface area contributed by atoms with Crippen molar-refractivity contribution in [3.63, 3.8) is 0 Å². The van der Waals surface area contributed by atoms with Gasteiger partial charge >= 0.3 is 0 Å². The monoisotopic (exact) mass is 291 g/mol. The highest BCUT2D eigenvalue weighted by atomic mass is 35.5. The lowest BCUT2D eigenvalue weighted by Crippen LogP contribution is -2.39. The predicted octanol–water partition coefficient (Wildman–Crippen LogP) is 2.89. The first-order valence-electron chi connectivity index (χ1n) is 7.05. The van der Waals surface area contributed by atoms with Crippen LogP contribution in [0.15, 0.2) is 30.3 Å². The fourth-order valence-electron chi connectivity index (χ4n) is 2.74. The summed E-state index contributed by atoms with van der Waals surface area (Å²) in [4.78, 5) is 7.04.